The Kier molecular flexibility index (Phi) is 4.05. The second-order valence-electron chi connectivity index (χ2n) is 5.34. The third-order valence-electron chi connectivity index (χ3n) is 3.67. The normalized spacial score (nSPS) is 24.5. The molecule has 2 N–H and O–H groups in total. The lowest BCUT2D eigenvalue weighted by atomic mass is 9.77. The van der Waals surface area contributed by atoms with E-state index < -0.39 is 12.9 Å². The molecule has 1 saturated heterocycles. The van der Waals surface area contributed by atoms with Gasteiger partial charge in [0.2, 0.25) is 0 Å². The predicted octanol–water partition coefficient (Wildman–Crippen LogP) is 0.736. The average Bonchev–Trinajstić information content (AvgIpc) is 2.60. The molecule has 0 spiro atoms. The standard InChI is InChI=1S/C13H19BFNO2/c1-9-5-10(2)16(7-9)8-11-3-4-12(15)6-13(11)14(17)18/h3-4,6,9-10,17-18H,5,7-8H2,1-2H3. The molecule has 2 unspecified atom stereocenters. The Morgan fingerprint density at radius 3 is 2.67 bits per heavy atom. The van der Waals surface area contributed by atoms with Crippen molar-refractivity contribution in [2.24, 2.45) is 5.92 Å². The minimum absolute atomic E-state index is 0.266. The SMILES string of the molecule is CC1CC(C)N(Cc2ccc(F)cc2B(O)O)C1. The summed E-state index contributed by atoms with van der Waals surface area (Å²) in [6, 6.07) is 4.68. The van der Waals surface area contributed by atoms with Gasteiger partial charge in [0.05, 0.1) is 0 Å². The van der Waals surface area contributed by atoms with Crippen LogP contribution in [-0.2, 0) is 6.54 Å². The fraction of sp³-hybridized carbons (Fsp3) is 0.538. The van der Waals surface area contributed by atoms with E-state index in [9.17, 15) is 14.4 Å². The van der Waals surface area contributed by atoms with E-state index in [-0.39, 0.29) is 5.46 Å². The molecule has 18 heavy (non-hydrogen) atoms. The van der Waals surface area contributed by atoms with E-state index in [1.807, 2.05) is 0 Å². The highest BCUT2D eigenvalue weighted by atomic mass is 19.1. The van der Waals surface area contributed by atoms with Crippen LogP contribution in [0.4, 0.5) is 4.39 Å². The molecule has 98 valence electrons. The maximum atomic E-state index is 13.1. The van der Waals surface area contributed by atoms with Crippen LogP contribution in [-0.4, -0.2) is 34.7 Å². The van der Waals surface area contributed by atoms with Gasteiger partial charge in [0.1, 0.15) is 5.82 Å². The van der Waals surface area contributed by atoms with Gasteiger partial charge in [0.15, 0.2) is 0 Å². The molecule has 1 heterocycles. The van der Waals surface area contributed by atoms with Gasteiger partial charge in [-0.25, -0.2) is 4.39 Å². The molecule has 2 atom stereocenters. The topological polar surface area (TPSA) is 43.7 Å². The maximum absolute atomic E-state index is 13.1. The zero-order valence-corrected chi connectivity index (χ0v) is 10.8. The average molecular weight is 251 g/mol. The molecule has 1 aromatic carbocycles. The second kappa shape index (κ2) is 5.39. The summed E-state index contributed by atoms with van der Waals surface area (Å²) in [5.74, 6) is 0.215. The van der Waals surface area contributed by atoms with Crippen LogP contribution in [0.25, 0.3) is 0 Å². The molecule has 0 aliphatic carbocycles. The van der Waals surface area contributed by atoms with Crippen molar-refractivity contribution in [1.82, 2.24) is 4.90 Å². The highest BCUT2D eigenvalue weighted by Crippen LogP contribution is 2.23. The molecule has 1 aliphatic heterocycles. The van der Waals surface area contributed by atoms with Crippen LogP contribution in [0.15, 0.2) is 18.2 Å². The number of halogens is 1. The predicted molar refractivity (Wildman–Crippen MR) is 69.9 cm³/mol. The summed E-state index contributed by atoms with van der Waals surface area (Å²) in [7, 11) is -1.62. The molecular weight excluding hydrogens is 232 g/mol. The zero-order chi connectivity index (χ0) is 13.3. The third-order valence-corrected chi connectivity index (χ3v) is 3.67. The van der Waals surface area contributed by atoms with Gasteiger partial charge >= 0.3 is 7.12 Å². The van der Waals surface area contributed by atoms with E-state index in [0.29, 0.717) is 18.5 Å². The first-order valence-corrected chi connectivity index (χ1v) is 6.36. The number of nitrogens with zero attached hydrogens (tertiary/aromatic N) is 1. The molecule has 5 heteroatoms. The Balaban J connectivity index is 2.18. The monoisotopic (exact) mass is 251 g/mol. The summed E-state index contributed by atoms with van der Waals surface area (Å²) in [5, 5.41) is 18.6. The number of benzene rings is 1. The van der Waals surface area contributed by atoms with Crippen molar-refractivity contribution in [2.75, 3.05) is 6.54 Å². The smallest absolute Gasteiger partial charge is 0.423 e. The molecule has 1 aromatic rings. The highest BCUT2D eigenvalue weighted by molar-refractivity contribution is 6.59. The molecule has 0 saturated carbocycles. The van der Waals surface area contributed by atoms with Crippen molar-refractivity contribution in [3.8, 4) is 0 Å². The van der Waals surface area contributed by atoms with Crippen LogP contribution in [0.5, 0.6) is 0 Å². The summed E-state index contributed by atoms with van der Waals surface area (Å²) in [4.78, 5) is 2.30. The Labute approximate surface area is 107 Å². The fourth-order valence-electron chi connectivity index (χ4n) is 2.78. The molecule has 1 aliphatic rings. The number of hydrogen-bond donors (Lipinski definition) is 2. The first-order chi connectivity index (χ1) is 8.47. The van der Waals surface area contributed by atoms with Crippen LogP contribution in [0.2, 0.25) is 0 Å². The van der Waals surface area contributed by atoms with Crippen molar-refractivity contribution in [1.29, 1.82) is 0 Å². The minimum atomic E-state index is -1.62. The Morgan fingerprint density at radius 2 is 2.11 bits per heavy atom. The molecular formula is C13H19BFNO2. The van der Waals surface area contributed by atoms with Gasteiger partial charge in [0.25, 0.3) is 0 Å². The van der Waals surface area contributed by atoms with E-state index in [4.69, 9.17) is 0 Å². The lowest BCUT2D eigenvalue weighted by Crippen LogP contribution is -2.37. The lowest BCUT2D eigenvalue weighted by molar-refractivity contribution is 0.257. The molecule has 2 rings (SSSR count). The first kappa shape index (κ1) is 13.5. The van der Waals surface area contributed by atoms with Crippen LogP contribution >= 0.6 is 0 Å². The minimum Gasteiger partial charge on any atom is -0.423 e. The van der Waals surface area contributed by atoms with Crippen LogP contribution in [0, 0.1) is 11.7 Å². The molecule has 1 fully saturated rings. The highest BCUT2D eigenvalue weighted by Gasteiger charge is 2.27. The molecule has 3 nitrogen and oxygen atoms in total. The largest absolute Gasteiger partial charge is 0.488 e. The summed E-state index contributed by atoms with van der Waals surface area (Å²) in [5.41, 5.74) is 1.05. The van der Waals surface area contributed by atoms with Crippen molar-refractivity contribution in [2.45, 2.75) is 32.9 Å². The van der Waals surface area contributed by atoms with E-state index in [2.05, 4.69) is 18.7 Å². The van der Waals surface area contributed by atoms with E-state index >= 15 is 0 Å². The van der Waals surface area contributed by atoms with E-state index in [0.717, 1.165) is 18.5 Å². The van der Waals surface area contributed by atoms with Gasteiger partial charge in [0, 0.05) is 19.1 Å². The maximum Gasteiger partial charge on any atom is 0.488 e. The molecule has 0 bridgehead atoms. The summed E-state index contributed by atoms with van der Waals surface area (Å²) in [6.07, 6.45) is 1.15. The van der Waals surface area contributed by atoms with Gasteiger partial charge < -0.3 is 10.0 Å². The van der Waals surface area contributed by atoms with Crippen molar-refractivity contribution >= 4 is 12.6 Å². The van der Waals surface area contributed by atoms with Crippen molar-refractivity contribution in [3.05, 3.63) is 29.6 Å². The van der Waals surface area contributed by atoms with Crippen LogP contribution in [0.1, 0.15) is 25.8 Å². The van der Waals surface area contributed by atoms with Crippen molar-refractivity contribution < 1.29 is 14.4 Å². The summed E-state index contributed by atoms with van der Waals surface area (Å²) < 4.78 is 13.1. The first-order valence-electron chi connectivity index (χ1n) is 6.36. The Bertz CT molecular complexity index is 427. The molecule has 0 radical (unpaired) electrons. The number of likely N-dealkylation sites (tertiary alicyclic amines) is 1. The number of rotatable bonds is 3. The van der Waals surface area contributed by atoms with Crippen LogP contribution < -0.4 is 5.46 Å². The second-order valence-corrected chi connectivity index (χ2v) is 5.34. The molecule has 0 aromatic heterocycles. The van der Waals surface area contributed by atoms with Gasteiger partial charge in [-0.05, 0) is 42.4 Å². The Morgan fingerprint density at radius 1 is 1.39 bits per heavy atom. The molecule has 0 amide bonds. The lowest BCUT2D eigenvalue weighted by Gasteiger charge is -2.22. The van der Waals surface area contributed by atoms with Crippen molar-refractivity contribution in [3.63, 3.8) is 0 Å². The third kappa shape index (κ3) is 2.91. The van der Waals surface area contributed by atoms with Gasteiger partial charge in [-0.15, -0.1) is 0 Å². The zero-order valence-electron chi connectivity index (χ0n) is 10.8. The number of hydrogen-bond acceptors (Lipinski definition) is 3. The van der Waals surface area contributed by atoms with E-state index in [1.54, 1.807) is 6.07 Å². The van der Waals surface area contributed by atoms with Gasteiger partial charge in [-0.3, -0.25) is 4.90 Å². The summed E-state index contributed by atoms with van der Waals surface area (Å²) in [6.45, 7) is 6.02. The summed E-state index contributed by atoms with van der Waals surface area (Å²) >= 11 is 0. The van der Waals surface area contributed by atoms with Gasteiger partial charge in [-0.1, -0.05) is 13.0 Å². The van der Waals surface area contributed by atoms with E-state index in [1.165, 1.54) is 12.1 Å². The quantitative estimate of drug-likeness (QED) is 0.778. The van der Waals surface area contributed by atoms with Crippen LogP contribution in [0.3, 0.4) is 0 Å². The fourth-order valence-corrected chi connectivity index (χ4v) is 2.78. The Hall–Kier alpha value is -0.905. The van der Waals surface area contributed by atoms with Gasteiger partial charge in [-0.2, -0.15) is 0 Å².